The summed E-state index contributed by atoms with van der Waals surface area (Å²) in [6, 6.07) is 11.2. The highest BCUT2D eigenvalue weighted by Gasteiger charge is 2.25. The summed E-state index contributed by atoms with van der Waals surface area (Å²) in [5.74, 6) is 0.452. The number of esters is 2. The third kappa shape index (κ3) is 6.22. The molecule has 0 N–H and O–H groups in total. The van der Waals surface area contributed by atoms with Crippen molar-refractivity contribution in [3.8, 4) is 11.5 Å². The van der Waals surface area contributed by atoms with Gasteiger partial charge in [0.15, 0.2) is 23.8 Å². The topological polar surface area (TPSA) is 83.4 Å². The standard InChI is InChI=1S/C25H26BrNO6/c1-5-30-21-13-16(11-19(26)23(21)32-14-22(28)31-6-2)12-20-25(29)33-24(27-20)18-9-7-17(8-10-18)15(3)4/h7-13,15H,5-6,14H2,1-4H3/b20-12-. The summed E-state index contributed by atoms with van der Waals surface area (Å²) in [4.78, 5) is 28.4. The maximum absolute atomic E-state index is 12.4. The van der Waals surface area contributed by atoms with Crippen LogP contribution in [0, 0.1) is 0 Å². The molecule has 0 aromatic heterocycles. The van der Waals surface area contributed by atoms with Crippen molar-refractivity contribution in [2.24, 2.45) is 4.99 Å². The van der Waals surface area contributed by atoms with Gasteiger partial charge in [-0.15, -0.1) is 0 Å². The minimum atomic E-state index is -0.533. The van der Waals surface area contributed by atoms with Gasteiger partial charge in [0.2, 0.25) is 5.90 Å². The van der Waals surface area contributed by atoms with E-state index < -0.39 is 11.9 Å². The van der Waals surface area contributed by atoms with Crippen LogP contribution in [0.15, 0.2) is 51.6 Å². The van der Waals surface area contributed by atoms with Gasteiger partial charge in [0, 0.05) is 5.56 Å². The molecular formula is C25H26BrNO6. The second kappa shape index (κ2) is 11.1. The fourth-order valence-corrected chi connectivity index (χ4v) is 3.68. The zero-order valence-corrected chi connectivity index (χ0v) is 20.6. The van der Waals surface area contributed by atoms with Crippen LogP contribution in [0.5, 0.6) is 11.5 Å². The van der Waals surface area contributed by atoms with Gasteiger partial charge >= 0.3 is 11.9 Å². The van der Waals surface area contributed by atoms with Gasteiger partial charge in [-0.05, 0) is 77.2 Å². The summed E-state index contributed by atoms with van der Waals surface area (Å²) in [7, 11) is 0. The lowest BCUT2D eigenvalue weighted by Crippen LogP contribution is -2.15. The number of aliphatic imine (C=N–C) groups is 1. The smallest absolute Gasteiger partial charge is 0.363 e. The Hall–Kier alpha value is -3.13. The van der Waals surface area contributed by atoms with E-state index in [1.807, 2.05) is 31.2 Å². The van der Waals surface area contributed by atoms with Gasteiger partial charge in [-0.1, -0.05) is 26.0 Å². The van der Waals surface area contributed by atoms with Crippen LogP contribution in [0.1, 0.15) is 50.3 Å². The van der Waals surface area contributed by atoms with Crippen molar-refractivity contribution in [3.05, 3.63) is 63.3 Å². The molecule has 0 saturated carbocycles. The van der Waals surface area contributed by atoms with Crippen LogP contribution in [-0.4, -0.2) is 37.7 Å². The lowest BCUT2D eigenvalue weighted by molar-refractivity contribution is -0.145. The molecule has 33 heavy (non-hydrogen) atoms. The van der Waals surface area contributed by atoms with Crippen molar-refractivity contribution >= 4 is 39.8 Å². The van der Waals surface area contributed by atoms with E-state index in [-0.39, 0.29) is 24.8 Å². The molecule has 0 aliphatic carbocycles. The molecule has 3 rings (SSSR count). The van der Waals surface area contributed by atoms with Crippen molar-refractivity contribution in [2.75, 3.05) is 19.8 Å². The van der Waals surface area contributed by atoms with E-state index in [4.69, 9.17) is 18.9 Å². The Labute approximate surface area is 201 Å². The molecule has 0 saturated heterocycles. The van der Waals surface area contributed by atoms with E-state index in [1.54, 1.807) is 25.1 Å². The second-order valence-electron chi connectivity index (χ2n) is 7.47. The average molecular weight is 516 g/mol. The first-order chi connectivity index (χ1) is 15.8. The average Bonchev–Trinajstić information content (AvgIpc) is 3.14. The Kier molecular flexibility index (Phi) is 8.27. The molecule has 0 spiro atoms. The molecule has 7 nitrogen and oxygen atoms in total. The fraction of sp³-hybridized carbons (Fsp3) is 0.320. The zero-order chi connectivity index (χ0) is 24.0. The number of carbonyl (C=O) groups is 2. The number of ether oxygens (including phenoxy) is 4. The highest BCUT2D eigenvalue weighted by atomic mass is 79.9. The molecule has 0 atom stereocenters. The minimum Gasteiger partial charge on any atom is -0.490 e. The number of cyclic esters (lactones) is 1. The summed E-state index contributed by atoms with van der Waals surface area (Å²) < 4.78 is 22.1. The van der Waals surface area contributed by atoms with Gasteiger partial charge in [0.05, 0.1) is 17.7 Å². The van der Waals surface area contributed by atoms with Gasteiger partial charge in [-0.3, -0.25) is 0 Å². The van der Waals surface area contributed by atoms with Crippen molar-refractivity contribution in [2.45, 2.75) is 33.6 Å². The van der Waals surface area contributed by atoms with Gasteiger partial charge in [-0.25, -0.2) is 14.6 Å². The number of hydrogen-bond acceptors (Lipinski definition) is 7. The Morgan fingerprint density at radius 1 is 1.12 bits per heavy atom. The van der Waals surface area contributed by atoms with E-state index in [9.17, 15) is 9.59 Å². The molecule has 1 heterocycles. The van der Waals surface area contributed by atoms with Crippen LogP contribution in [0.2, 0.25) is 0 Å². The maximum atomic E-state index is 12.4. The normalized spacial score (nSPS) is 14.3. The van der Waals surface area contributed by atoms with Crippen LogP contribution in [0.4, 0.5) is 0 Å². The number of hydrogen-bond donors (Lipinski definition) is 0. The largest absolute Gasteiger partial charge is 0.490 e. The SMILES string of the molecule is CCOC(=O)COc1c(Br)cc(/C=C2\N=C(c3ccc(C(C)C)cc3)OC2=O)cc1OCC. The fourth-order valence-electron chi connectivity index (χ4n) is 3.11. The first-order valence-electron chi connectivity index (χ1n) is 10.7. The van der Waals surface area contributed by atoms with Crippen LogP contribution in [0.3, 0.4) is 0 Å². The summed E-state index contributed by atoms with van der Waals surface area (Å²) >= 11 is 3.45. The predicted molar refractivity (Wildman–Crippen MR) is 129 cm³/mol. The van der Waals surface area contributed by atoms with E-state index in [1.165, 1.54) is 5.56 Å². The van der Waals surface area contributed by atoms with Crippen molar-refractivity contribution < 1.29 is 28.5 Å². The number of rotatable bonds is 9. The van der Waals surface area contributed by atoms with E-state index >= 15 is 0 Å². The zero-order valence-electron chi connectivity index (χ0n) is 19.0. The molecule has 0 fully saturated rings. The number of benzene rings is 2. The predicted octanol–water partition coefficient (Wildman–Crippen LogP) is 5.26. The second-order valence-corrected chi connectivity index (χ2v) is 8.32. The monoisotopic (exact) mass is 515 g/mol. The Bertz CT molecular complexity index is 1090. The van der Waals surface area contributed by atoms with Gasteiger partial charge in [-0.2, -0.15) is 0 Å². The van der Waals surface area contributed by atoms with Gasteiger partial charge < -0.3 is 18.9 Å². The van der Waals surface area contributed by atoms with E-state index in [0.29, 0.717) is 34.1 Å². The van der Waals surface area contributed by atoms with Crippen molar-refractivity contribution in [3.63, 3.8) is 0 Å². The van der Waals surface area contributed by atoms with E-state index in [0.717, 1.165) is 5.56 Å². The molecule has 0 radical (unpaired) electrons. The third-order valence-electron chi connectivity index (χ3n) is 4.72. The molecule has 0 amide bonds. The molecular weight excluding hydrogens is 490 g/mol. The summed E-state index contributed by atoms with van der Waals surface area (Å²) in [5, 5.41) is 0. The van der Waals surface area contributed by atoms with Gasteiger partial charge in [0.25, 0.3) is 0 Å². The first-order valence-corrected chi connectivity index (χ1v) is 11.5. The van der Waals surface area contributed by atoms with Gasteiger partial charge in [0.1, 0.15) is 0 Å². The minimum absolute atomic E-state index is 0.174. The van der Waals surface area contributed by atoms with Crippen LogP contribution in [0.25, 0.3) is 6.08 Å². The first kappa shape index (κ1) is 24.5. The summed E-state index contributed by atoms with van der Waals surface area (Å²) in [6.07, 6.45) is 1.61. The molecule has 0 unspecified atom stereocenters. The number of carbonyl (C=O) groups excluding carboxylic acids is 2. The molecule has 0 bridgehead atoms. The molecule has 1 aliphatic rings. The molecule has 174 valence electrons. The van der Waals surface area contributed by atoms with Crippen LogP contribution in [-0.2, 0) is 19.1 Å². The van der Waals surface area contributed by atoms with Crippen LogP contribution >= 0.6 is 15.9 Å². The highest BCUT2D eigenvalue weighted by molar-refractivity contribution is 9.10. The van der Waals surface area contributed by atoms with E-state index in [2.05, 4.69) is 34.8 Å². The highest BCUT2D eigenvalue weighted by Crippen LogP contribution is 2.38. The van der Waals surface area contributed by atoms with Crippen molar-refractivity contribution in [1.29, 1.82) is 0 Å². The molecule has 8 heteroatoms. The van der Waals surface area contributed by atoms with Crippen molar-refractivity contribution in [1.82, 2.24) is 0 Å². The van der Waals surface area contributed by atoms with Crippen LogP contribution < -0.4 is 9.47 Å². The molecule has 2 aromatic rings. The summed E-state index contributed by atoms with van der Waals surface area (Å²) in [5.41, 5.74) is 2.75. The summed E-state index contributed by atoms with van der Waals surface area (Å²) in [6.45, 7) is 8.21. The lowest BCUT2D eigenvalue weighted by Gasteiger charge is -2.14. The Morgan fingerprint density at radius 3 is 2.48 bits per heavy atom. The lowest BCUT2D eigenvalue weighted by atomic mass is 10.0. The third-order valence-corrected chi connectivity index (χ3v) is 5.31. The Morgan fingerprint density at radius 2 is 1.85 bits per heavy atom. The number of nitrogens with zero attached hydrogens (tertiary/aromatic N) is 1. The number of halogens is 1. The Balaban J connectivity index is 1.86. The quantitative estimate of drug-likeness (QED) is 0.334. The maximum Gasteiger partial charge on any atom is 0.363 e. The molecule has 1 aliphatic heterocycles. The molecule has 2 aromatic carbocycles.